The first-order valence-corrected chi connectivity index (χ1v) is 15.0. The molecule has 1 fully saturated rings. The standard InChI is InChI=1S/C28H27F4N7O3S/c1-37-9-8-23(36-37)19-14-20(22(29)15-21(19)28(30,31)32)27(40)34-24-16-33-25(35-26(24)18-6-4-3-5-7-18)17-38-10-12-39(13-11-38)43(2,41)42/h3-9,14-16H,10-13,17H2,1-2H3,(H,34,40). The average Bonchev–Trinajstić information content (AvgIpc) is 3.39. The van der Waals surface area contributed by atoms with Crippen molar-refractivity contribution in [2.45, 2.75) is 12.7 Å². The van der Waals surface area contributed by atoms with Crippen LogP contribution in [0.25, 0.3) is 22.5 Å². The number of hydrogen-bond donors (Lipinski definition) is 1. The summed E-state index contributed by atoms with van der Waals surface area (Å²) in [4.78, 5) is 24.3. The Balaban J connectivity index is 1.45. The summed E-state index contributed by atoms with van der Waals surface area (Å²) in [5.41, 5.74) is -1.31. The monoisotopic (exact) mass is 617 g/mol. The highest BCUT2D eigenvalue weighted by Gasteiger charge is 2.36. The number of piperazine rings is 1. The second-order valence-corrected chi connectivity index (χ2v) is 12.0. The van der Waals surface area contributed by atoms with Crippen molar-refractivity contribution >= 4 is 21.6 Å². The van der Waals surface area contributed by atoms with E-state index in [2.05, 4.69) is 20.4 Å². The molecule has 0 aliphatic carbocycles. The number of rotatable bonds is 7. The molecule has 0 unspecified atom stereocenters. The van der Waals surface area contributed by atoms with E-state index in [9.17, 15) is 26.4 Å². The largest absolute Gasteiger partial charge is 0.417 e. The molecule has 0 radical (unpaired) electrons. The Hall–Kier alpha value is -4.21. The number of halogens is 4. The zero-order valence-electron chi connectivity index (χ0n) is 23.1. The summed E-state index contributed by atoms with van der Waals surface area (Å²) in [6.45, 7) is 1.92. The SMILES string of the molecule is Cn1ccc(-c2cc(C(=O)Nc3cnc(CN4CCN(S(C)(=O)=O)CC4)nc3-c3ccccc3)c(F)cc2C(F)(F)F)n1. The van der Waals surface area contributed by atoms with Gasteiger partial charge in [-0.05, 0) is 18.2 Å². The maximum Gasteiger partial charge on any atom is 0.417 e. The van der Waals surface area contributed by atoms with Gasteiger partial charge in [0.2, 0.25) is 10.0 Å². The third-order valence-corrected chi connectivity index (χ3v) is 8.25. The molecule has 3 heterocycles. The zero-order valence-corrected chi connectivity index (χ0v) is 24.0. The number of aromatic nitrogens is 4. The Kier molecular flexibility index (Phi) is 8.31. The molecule has 4 aromatic rings. The number of hydrogen-bond acceptors (Lipinski definition) is 7. The molecule has 1 saturated heterocycles. The van der Waals surface area contributed by atoms with Crippen molar-refractivity contribution < 1.29 is 30.8 Å². The molecule has 2 aromatic heterocycles. The highest BCUT2D eigenvalue weighted by atomic mass is 32.2. The minimum atomic E-state index is -4.88. The van der Waals surface area contributed by atoms with Gasteiger partial charge in [0.15, 0.2) is 0 Å². The van der Waals surface area contributed by atoms with Gasteiger partial charge < -0.3 is 5.32 Å². The number of carbonyl (C=O) groups excluding carboxylic acids is 1. The number of anilines is 1. The molecule has 1 aliphatic rings. The topological polar surface area (TPSA) is 113 Å². The molecule has 0 spiro atoms. The molecule has 10 nitrogen and oxygen atoms in total. The van der Waals surface area contributed by atoms with Crippen LogP contribution in [0.2, 0.25) is 0 Å². The summed E-state index contributed by atoms with van der Waals surface area (Å²) < 4.78 is 82.7. The van der Waals surface area contributed by atoms with Crippen LogP contribution in [-0.2, 0) is 29.8 Å². The maximum atomic E-state index is 15.0. The van der Waals surface area contributed by atoms with Gasteiger partial charge in [-0.25, -0.2) is 22.8 Å². The molecule has 15 heteroatoms. The molecular formula is C28H27F4N7O3S. The summed E-state index contributed by atoms with van der Waals surface area (Å²) in [6.07, 6.45) is -0.919. The maximum absolute atomic E-state index is 15.0. The number of alkyl halides is 3. The molecular weight excluding hydrogens is 590 g/mol. The number of sulfonamides is 1. The number of aryl methyl sites for hydroxylation is 1. The molecule has 226 valence electrons. The zero-order chi connectivity index (χ0) is 30.9. The minimum absolute atomic E-state index is 0.0705. The Labute approximate surface area is 245 Å². The number of amides is 1. The van der Waals surface area contributed by atoms with Gasteiger partial charge in [0.1, 0.15) is 11.6 Å². The highest BCUT2D eigenvalue weighted by Crippen LogP contribution is 2.38. The summed E-state index contributed by atoms with van der Waals surface area (Å²) in [5.74, 6) is -1.94. The van der Waals surface area contributed by atoms with Crippen LogP contribution in [0.5, 0.6) is 0 Å². The fraction of sp³-hybridized carbons (Fsp3) is 0.286. The van der Waals surface area contributed by atoms with Gasteiger partial charge in [-0.2, -0.15) is 22.6 Å². The van der Waals surface area contributed by atoms with Crippen LogP contribution in [0, 0.1) is 5.82 Å². The third kappa shape index (κ3) is 6.89. The van der Waals surface area contributed by atoms with Crippen molar-refractivity contribution in [2.24, 2.45) is 7.05 Å². The Bertz CT molecular complexity index is 1750. The number of benzene rings is 2. The summed E-state index contributed by atoms with van der Waals surface area (Å²) >= 11 is 0. The van der Waals surface area contributed by atoms with Crippen molar-refractivity contribution in [2.75, 3.05) is 37.8 Å². The van der Waals surface area contributed by atoms with Crippen LogP contribution in [0.1, 0.15) is 21.7 Å². The predicted molar refractivity (Wildman–Crippen MR) is 151 cm³/mol. The Morgan fingerprint density at radius 3 is 2.35 bits per heavy atom. The molecule has 0 bridgehead atoms. The lowest BCUT2D eigenvalue weighted by Gasteiger charge is -2.32. The lowest BCUT2D eigenvalue weighted by Crippen LogP contribution is -2.48. The van der Waals surface area contributed by atoms with Crippen molar-refractivity contribution in [1.29, 1.82) is 0 Å². The fourth-order valence-corrected chi connectivity index (χ4v) is 5.59. The normalized spacial score (nSPS) is 15.0. The summed E-state index contributed by atoms with van der Waals surface area (Å²) in [6, 6.07) is 11.3. The van der Waals surface area contributed by atoms with Gasteiger partial charge in [-0.1, -0.05) is 30.3 Å². The Morgan fingerprint density at radius 2 is 1.74 bits per heavy atom. The predicted octanol–water partition coefficient (Wildman–Crippen LogP) is 4.03. The van der Waals surface area contributed by atoms with Gasteiger partial charge in [0.25, 0.3) is 5.91 Å². The quantitative estimate of drug-likeness (QED) is 0.312. The van der Waals surface area contributed by atoms with Crippen molar-refractivity contribution in [3.8, 4) is 22.5 Å². The van der Waals surface area contributed by atoms with E-state index < -0.39 is 44.6 Å². The summed E-state index contributed by atoms with van der Waals surface area (Å²) in [5, 5.41) is 6.57. The van der Waals surface area contributed by atoms with E-state index in [-0.39, 0.29) is 11.4 Å². The number of nitrogens with one attached hydrogen (secondary N) is 1. The van der Waals surface area contributed by atoms with Crippen molar-refractivity contribution in [3.05, 3.63) is 83.7 Å². The van der Waals surface area contributed by atoms with Crippen LogP contribution in [0.15, 0.2) is 60.9 Å². The molecule has 1 aliphatic heterocycles. The first-order chi connectivity index (χ1) is 20.3. The number of carbonyl (C=O) groups is 1. The average molecular weight is 618 g/mol. The van der Waals surface area contributed by atoms with Crippen LogP contribution in [-0.4, -0.2) is 75.7 Å². The van der Waals surface area contributed by atoms with Gasteiger partial charge in [0.05, 0.1) is 47.2 Å². The van der Waals surface area contributed by atoms with Gasteiger partial charge in [-0.3, -0.25) is 14.4 Å². The first-order valence-electron chi connectivity index (χ1n) is 13.1. The van der Waals surface area contributed by atoms with Crippen molar-refractivity contribution in [3.63, 3.8) is 0 Å². The van der Waals surface area contributed by atoms with Crippen LogP contribution in [0.4, 0.5) is 23.2 Å². The van der Waals surface area contributed by atoms with Crippen LogP contribution in [0.3, 0.4) is 0 Å². The summed E-state index contributed by atoms with van der Waals surface area (Å²) in [7, 11) is -1.76. The van der Waals surface area contributed by atoms with Crippen molar-refractivity contribution in [1.82, 2.24) is 29.0 Å². The Morgan fingerprint density at radius 1 is 1.05 bits per heavy atom. The molecule has 2 aromatic carbocycles. The highest BCUT2D eigenvalue weighted by molar-refractivity contribution is 7.88. The van der Waals surface area contributed by atoms with E-state index in [1.807, 2.05) is 4.90 Å². The van der Waals surface area contributed by atoms with Crippen LogP contribution >= 0.6 is 0 Å². The van der Waals surface area contributed by atoms with E-state index in [0.717, 1.165) is 6.07 Å². The van der Waals surface area contributed by atoms with E-state index in [1.165, 1.54) is 40.8 Å². The molecule has 1 N–H and O–H groups in total. The second-order valence-electron chi connectivity index (χ2n) is 10.1. The minimum Gasteiger partial charge on any atom is -0.319 e. The van der Waals surface area contributed by atoms with Crippen LogP contribution < -0.4 is 5.32 Å². The molecule has 1 amide bonds. The van der Waals surface area contributed by atoms with Gasteiger partial charge in [0, 0.05) is 50.6 Å². The molecule has 5 rings (SSSR count). The third-order valence-electron chi connectivity index (χ3n) is 6.95. The lowest BCUT2D eigenvalue weighted by molar-refractivity contribution is -0.137. The molecule has 0 saturated carbocycles. The van der Waals surface area contributed by atoms with E-state index in [1.54, 1.807) is 30.3 Å². The smallest absolute Gasteiger partial charge is 0.319 e. The molecule has 0 atom stereocenters. The molecule has 43 heavy (non-hydrogen) atoms. The van der Waals surface area contributed by atoms with E-state index in [4.69, 9.17) is 0 Å². The van der Waals surface area contributed by atoms with E-state index >= 15 is 4.39 Å². The fourth-order valence-electron chi connectivity index (χ4n) is 4.76. The first kappa shape index (κ1) is 30.3. The van der Waals surface area contributed by atoms with Gasteiger partial charge >= 0.3 is 6.18 Å². The lowest BCUT2D eigenvalue weighted by atomic mass is 9.99. The van der Waals surface area contributed by atoms with Gasteiger partial charge in [-0.15, -0.1) is 0 Å². The second kappa shape index (κ2) is 11.8. The number of nitrogens with zero attached hydrogens (tertiary/aromatic N) is 6. The van der Waals surface area contributed by atoms with E-state index in [0.29, 0.717) is 55.9 Å².